The van der Waals surface area contributed by atoms with Crippen LogP contribution in [0.15, 0.2) is 0 Å². The van der Waals surface area contributed by atoms with Crippen LogP contribution in [0.3, 0.4) is 0 Å². The zero-order chi connectivity index (χ0) is 9.99. The molecule has 0 fully saturated rings. The number of carbonyl (C=O) groups is 1. The number of hydrogen-bond acceptors (Lipinski definition) is 2. The van der Waals surface area contributed by atoms with Gasteiger partial charge >= 0.3 is 0 Å². The van der Waals surface area contributed by atoms with Gasteiger partial charge in [0, 0.05) is 7.11 Å². The van der Waals surface area contributed by atoms with Gasteiger partial charge < -0.3 is 9.53 Å². The van der Waals surface area contributed by atoms with Crippen LogP contribution >= 0.6 is 0 Å². The first-order chi connectivity index (χ1) is 5.27. The van der Waals surface area contributed by atoms with E-state index in [1.807, 2.05) is 0 Å². The van der Waals surface area contributed by atoms with Gasteiger partial charge in [-0.05, 0) is 5.04 Å². The van der Waals surface area contributed by atoms with Gasteiger partial charge in [-0.1, -0.05) is 33.9 Å². The molecular weight excluding hydrogens is 168 g/mol. The van der Waals surface area contributed by atoms with Crippen LogP contribution in [0.2, 0.25) is 18.1 Å². The summed E-state index contributed by atoms with van der Waals surface area (Å²) < 4.78 is 5.18. The van der Waals surface area contributed by atoms with E-state index in [-0.39, 0.29) is 10.8 Å². The van der Waals surface area contributed by atoms with Crippen molar-refractivity contribution in [3.05, 3.63) is 0 Å². The fourth-order valence-electron chi connectivity index (χ4n) is 0.947. The number of aldehydes is 1. The third kappa shape index (κ3) is 2.17. The average molecular weight is 188 g/mol. The summed E-state index contributed by atoms with van der Waals surface area (Å²) in [5.74, 6) is 0. The highest BCUT2D eigenvalue weighted by Crippen LogP contribution is 2.38. The van der Waals surface area contributed by atoms with Crippen LogP contribution in [0.4, 0.5) is 0 Å². The van der Waals surface area contributed by atoms with E-state index in [9.17, 15) is 4.79 Å². The van der Waals surface area contributed by atoms with Crippen molar-refractivity contribution in [2.24, 2.45) is 0 Å². The maximum atomic E-state index is 10.7. The van der Waals surface area contributed by atoms with Crippen LogP contribution in [0, 0.1) is 0 Å². The Morgan fingerprint density at radius 3 is 1.83 bits per heavy atom. The lowest BCUT2D eigenvalue weighted by Crippen LogP contribution is -2.51. The summed E-state index contributed by atoms with van der Waals surface area (Å²) in [5.41, 5.74) is -0.183. The molecule has 0 rings (SSSR count). The number of hydrogen-bond donors (Lipinski definition) is 0. The van der Waals surface area contributed by atoms with Gasteiger partial charge in [0.15, 0.2) is 0 Å². The Balaban J connectivity index is 4.69. The van der Waals surface area contributed by atoms with Crippen LogP contribution < -0.4 is 0 Å². The van der Waals surface area contributed by atoms with Gasteiger partial charge in [0.25, 0.3) is 0 Å². The van der Waals surface area contributed by atoms with Crippen molar-refractivity contribution in [3.8, 4) is 0 Å². The topological polar surface area (TPSA) is 26.3 Å². The Kier molecular flexibility index (Phi) is 3.66. The van der Waals surface area contributed by atoms with Crippen LogP contribution in [-0.4, -0.2) is 27.2 Å². The highest BCUT2D eigenvalue weighted by atomic mass is 28.3. The zero-order valence-electron chi connectivity index (χ0n) is 8.97. The standard InChI is InChI=1S/C9H20O2Si/c1-9(2,3)12(5,6)8(7-10)11-4/h7-8H,1-6H3/t8-/m0/s1. The summed E-state index contributed by atoms with van der Waals surface area (Å²) in [6, 6.07) is 0. The largest absolute Gasteiger partial charge is 0.378 e. The van der Waals surface area contributed by atoms with E-state index in [1.54, 1.807) is 7.11 Å². The molecule has 0 spiro atoms. The second-order valence-electron chi connectivity index (χ2n) is 4.76. The molecule has 0 aromatic rings. The number of methoxy groups -OCH3 is 1. The van der Waals surface area contributed by atoms with Gasteiger partial charge in [0.1, 0.15) is 12.0 Å². The van der Waals surface area contributed by atoms with Gasteiger partial charge in [-0.15, -0.1) is 0 Å². The molecule has 1 atom stereocenters. The van der Waals surface area contributed by atoms with Crippen LogP contribution in [0.25, 0.3) is 0 Å². The SMILES string of the molecule is CO[C@H](C=O)[Si](C)(C)C(C)(C)C. The third-order valence-corrected chi connectivity index (χ3v) is 8.68. The first-order valence-electron chi connectivity index (χ1n) is 4.25. The molecule has 0 bridgehead atoms. The maximum Gasteiger partial charge on any atom is 0.145 e. The molecule has 0 aromatic carbocycles. The van der Waals surface area contributed by atoms with E-state index in [1.165, 1.54) is 0 Å². The minimum absolute atomic E-state index is 0.183. The summed E-state index contributed by atoms with van der Waals surface area (Å²) in [7, 11) is -0.0139. The minimum Gasteiger partial charge on any atom is -0.378 e. The Morgan fingerprint density at radius 1 is 1.33 bits per heavy atom. The van der Waals surface area contributed by atoms with Crippen molar-refractivity contribution in [1.82, 2.24) is 0 Å². The number of rotatable bonds is 3. The number of ether oxygens (including phenoxy) is 1. The van der Waals surface area contributed by atoms with Gasteiger partial charge in [-0.3, -0.25) is 0 Å². The molecule has 72 valence electrons. The first kappa shape index (κ1) is 11.8. The Hall–Kier alpha value is -0.153. The Bertz CT molecular complexity index is 158. The molecule has 0 aliphatic carbocycles. The third-order valence-electron chi connectivity index (χ3n) is 3.02. The lowest BCUT2D eigenvalue weighted by molar-refractivity contribution is -0.113. The zero-order valence-corrected chi connectivity index (χ0v) is 9.97. The van der Waals surface area contributed by atoms with Crippen molar-refractivity contribution in [2.75, 3.05) is 7.11 Å². The summed E-state index contributed by atoms with van der Waals surface area (Å²) in [4.78, 5) is 10.7. The lowest BCUT2D eigenvalue weighted by Gasteiger charge is -2.39. The second kappa shape index (κ2) is 3.71. The monoisotopic (exact) mass is 188 g/mol. The molecule has 0 unspecified atom stereocenters. The van der Waals surface area contributed by atoms with Crippen molar-refractivity contribution in [1.29, 1.82) is 0 Å². The lowest BCUT2D eigenvalue weighted by atomic mass is 10.2. The van der Waals surface area contributed by atoms with E-state index >= 15 is 0 Å². The highest BCUT2D eigenvalue weighted by molar-refractivity contribution is 6.83. The molecule has 0 aliphatic heterocycles. The summed E-state index contributed by atoms with van der Waals surface area (Å²) >= 11 is 0. The normalized spacial score (nSPS) is 15.8. The van der Waals surface area contributed by atoms with E-state index in [2.05, 4.69) is 33.9 Å². The van der Waals surface area contributed by atoms with E-state index in [0.717, 1.165) is 6.29 Å². The molecule has 0 aromatic heterocycles. The van der Waals surface area contributed by atoms with E-state index < -0.39 is 8.07 Å². The van der Waals surface area contributed by atoms with Crippen molar-refractivity contribution in [2.45, 2.75) is 44.6 Å². The van der Waals surface area contributed by atoms with Gasteiger partial charge in [-0.25, -0.2) is 0 Å². The molecule has 0 radical (unpaired) electrons. The van der Waals surface area contributed by atoms with Crippen LogP contribution in [0.5, 0.6) is 0 Å². The average Bonchev–Trinajstić information content (AvgIpc) is 1.87. The molecule has 12 heavy (non-hydrogen) atoms. The fraction of sp³-hybridized carbons (Fsp3) is 0.889. The van der Waals surface area contributed by atoms with Gasteiger partial charge in [-0.2, -0.15) is 0 Å². The predicted octanol–water partition coefficient (Wildman–Crippen LogP) is 2.25. The fourth-order valence-corrected chi connectivity index (χ4v) is 2.73. The molecule has 0 N–H and O–H groups in total. The van der Waals surface area contributed by atoms with E-state index in [0.29, 0.717) is 0 Å². The van der Waals surface area contributed by atoms with Crippen molar-refractivity contribution in [3.63, 3.8) is 0 Å². The predicted molar refractivity (Wildman–Crippen MR) is 54.1 cm³/mol. The van der Waals surface area contributed by atoms with Gasteiger partial charge in [0.05, 0.1) is 8.07 Å². The Labute approximate surface area is 76.3 Å². The first-order valence-corrected chi connectivity index (χ1v) is 7.33. The highest BCUT2D eigenvalue weighted by Gasteiger charge is 2.42. The van der Waals surface area contributed by atoms with Crippen molar-refractivity contribution >= 4 is 14.4 Å². The van der Waals surface area contributed by atoms with Crippen LogP contribution in [0.1, 0.15) is 20.8 Å². The number of carbonyl (C=O) groups excluding carboxylic acids is 1. The molecule has 0 saturated heterocycles. The maximum absolute atomic E-state index is 10.7. The van der Waals surface area contributed by atoms with E-state index in [4.69, 9.17) is 4.74 Å². The summed E-state index contributed by atoms with van der Waals surface area (Å²) in [6.45, 7) is 10.9. The molecule has 3 heteroatoms. The molecule has 0 amide bonds. The minimum atomic E-state index is -1.62. The smallest absolute Gasteiger partial charge is 0.145 e. The second-order valence-corrected chi connectivity index (χ2v) is 10.3. The molecule has 0 heterocycles. The molecule has 0 aliphatic rings. The summed E-state index contributed by atoms with van der Waals surface area (Å²) in [5, 5.41) is 0.203. The van der Waals surface area contributed by atoms with Crippen LogP contribution in [-0.2, 0) is 9.53 Å². The molecular formula is C9H20O2Si. The molecule has 0 saturated carbocycles. The van der Waals surface area contributed by atoms with Gasteiger partial charge in [0.2, 0.25) is 0 Å². The quantitative estimate of drug-likeness (QED) is 0.501. The summed E-state index contributed by atoms with van der Waals surface area (Å²) in [6.07, 6.45) is 0.942. The van der Waals surface area contributed by atoms with Crippen molar-refractivity contribution < 1.29 is 9.53 Å². The molecule has 2 nitrogen and oxygen atoms in total. The Morgan fingerprint density at radius 2 is 1.75 bits per heavy atom.